The molecule has 0 bridgehead atoms. The zero-order chi connectivity index (χ0) is 25.4. The van der Waals surface area contributed by atoms with Crippen LogP contribution in [0.25, 0.3) is 16.8 Å². The lowest BCUT2D eigenvalue weighted by atomic mass is 9.82. The third-order valence-corrected chi connectivity index (χ3v) is 6.87. The second-order valence-electron chi connectivity index (χ2n) is 8.99. The molecule has 0 saturated heterocycles. The highest BCUT2D eigenvalue weighted by Crippen LogP contribution is 2.45. The average Bonchev–Trinajstić information content (AvgIpc) is 2.96. The molecule has 5 aromatic rings. The van der Waals surface area contributed by atoms with Gasteiger partial charge in [-0.15, -0.1) is 0 Å². The third-order valence-electron chi connectivity index (χ3n) is 6.87. The topological polar surface area (TPSA) is 35.5 Å². The van der Waals surface area contributed by atoms with E-state index in [2.05, 4.69) is 0 Å². The summed E-state index contributed by atoms with van der Waals surface area (Å²) in [6, 6.07) is 32.9. The van der Waals surface area contributed by atoms with Gasteiger partial charge in [-0.1, -0.05) is 78.9 Å². The maximum Gasteiger partial charge on any atom is 0.193 e. The molecule has 0 spiro atoms. The minimum absolute atomic E-state index is 0.0231. The molecular formula is C33H23FO3. The Kier molecular flexibility index (Phi) is 5.57. The quantitative estimate of drug-likeness (QED) is 0.240. The fourth-order valence-corrected chi connectivity index (χ4v) is 4.96. The lowest BCUT2D eigenvalue weighted by Gasteiger charge is -2.36. The number of hydrogen-bond donors (Lipinski definition) is 0. The Morgan fingerprint density at radius 1 is 0.811 bits per heavy atom. The monoisotopic (exact) mass is 486 g/mol. The summed E-state index contributed by atoms with van der Waals surface area (Å²) in [5, 5.41) is 1.88. The maximum absolute atomic E-state index is 15.2. The van der Waals surface area contributed by atoms with E-state index in [1.165, 1.54) is 6.07 Å². The molecule has 0 saturated carbocycles. The van der Waals surface area contributed by atoms with Crippen molar-refractivity contribution >= 4 is 22.6 Å². The first-order chi connectivity index (χ1) is 18.1. The molecule has 0 fully saturated rings. The molecule has 4 heteroatoms. The van der Waals surface area contributed by atoms with Crippen LogP contribution in [0.2, 0.25) is 0 Å². The van der Waals surface area contributed by atoms with Crippen molar-refractivity contribution in [1.29, 1.82) is 0 Å². The fourth-order valence-electron chi connectivity index (χ4n) is 4.96. The number of ketones is 1. The van der Waals surface area contributed by atoms with Crippen molar-refractivity contribution in [2.24, 2.45) is 0 Å². The lowest BCUT2D eigenvalue weighted by molar-refractivity contribution is 0.103. The van der Waals surface area contributed by atoms with Crippen LogP contribution >= 0.6 is 0 Å². The summed E-state index contributed by atoms with van der Waals surface area (Å²) < 4.78 is 27.2. The van der Waals surface area contributed by atoms with E-state index in [1.807, 2.05) is 103 Å². The van der Waals surface area contributed by atoms with Crippen molar-refractivity contribution in [2.75, 3.05) is 7.11 Å². The van der Waals surface area contributed by atoms with Gasteiger partial charge in [0, 0.05) is 27.8 Å². The first kappa shape index (κ1) is 22.7. The number of carbonyl (C=O) groups is 1. The van der Waals surface area contributed by atoms with Crippen molar-refractivity contribution in [2.45, 2.75) is 5.60 Å². The van der Waals surface area contributed by atoms with Gasteiger partial charge in [-0.05, 0) is 53.3 Å². The highest BCUT2D eigenvalue weighted by atomic mass is 19.1. The number of carbonyl (C=O) groups excluding carboxylic acids is 1. The standard InChI is InChI=1S/C33H23FO3/c1-36-26-15-13-25(14-16-26)33(29-9-5-6-10-30(29)34)20-19-28-27-17-11-24(21-23(27)12-18-31(28)37-33)32(35)22-7-3-2-4-8-22/h2-21H,1H3. The van der Waals surface area contributed by atoms with Gasteiger partial charge in [-0.3, -0.25) is 4.79 Å². The van der Waals surface area contributed by atoms with Gasteiger partial charge in [-0.25, -0.2) is 4.39 Å². The van der Waals surface area contributed by atoms with Crippen LogP contribution in [0.4, 0.5) is 4.39 Å². The van der Waals surface area contributed by atoms with Crippen LogP contribution in [-0.4, -0.2) is 12.9 Å². The zero-order valence-corrected chi connectivity index (χ0v) is 20.1. The Morgan fingerprint density at radius 2 is 1.57 bits per heavy atom. The molecule has 37 heavy (non-hydrogen) atoms. The van der Waals surface area contributed by atoms with E-state index >= 15 is 4.39 Å². The number of hydrogen-bond acceptors (Lipinski definition) is 3. The molecule has 0 amide bonds. The molecule has 0 N–H and O–H groups in total. The van der Waals surface area contributed by atoms with Crippen molar-refractivity contribution in [1.82, 2.24) is 0 Å². The van der Waals surface area contributed by atoms with Gasteiger partial charge >= 0.3 is 0 Å². The van der Waals surface area contributed by atoms with Crippen LogP contribution in [0.5, 0.6) is 11.5 Å². The van der Waals surface area contributed by atoms with Gasteiger partial charge in [0.2, 0.25) is 0 Å². The second kappa shape index (κ2) is 9.07. The SMILES string of the molecule is COc1ccc(C2(c3ccccc3F)C=Cc3c(ccc4cc(C(=O)c5ccccc5)ccc34)O2)cc1. The number of benzene rings is 5. The van der Waals surface area contributed by atoms with Gasteiger partial charge in [0.15, 0.2) is 11.4 Å². The number of ether oxygens (including phenoxy) is 2. The molecule has 1 atom stereocenters. The van der Waals surface area contributed by atoms with E-state index in [4.69, 9.17) is 9.47 Å². The second-order valence-corrected chi connectivity index (χ2v) is 8.99. The molecule has 0 radical (unpaired) electrons. The Balaban J connectivity index is 1.46. The largest absolute Gasteiger partial charge is 0.497 e. The molecule has 1 heterocycles. The van der Waals surface area contributed by atoms with Crippen molar-refractivity contribution in [3.8, 4) is 11.5 Å². The van der Waals surface area contributed by atoms with Gasteiger partial charge in [-0.2, -0.15) is 0 Å². The molecule has 1 unspecified atom stereocenters. The highest BCUT2D eigenvalue weighted by Gasteiger charge is 2.39. The van der Waals surface area contributed by atoms with E-state index in [9.17, 15) is 4.79 Å². The van der Waals surface area contributed by atoms with Crippen molar-refractivity contribution < 1.29 is 18.7 Å². The van der Waals surface area contributed by atoms with Crippen LogP contribution in [-0.2, 0) is 5.60 Å². The smallest absolute Gasteiger partial charge is 0.193 e. The molecule has 180 valence electrons. The van der Waals surface area contributed by atoms with Gasteiger partial charge < -0.3 is 9.47 Å². The predicted molar refractivity (Wildman–Crippen MR) is 144 cm³/mol. The summed E-state index contributed by atoms with van der Waals surface area (Å²) in [4.78, 5) is 13.0. The van der Waals surface area contributed by atoms with E-state index in [1.54, 1.807) is 19.2 Å². The normalized spacial score (nSPS) is 16.2. The molecule has 1 aliphatic heterocycles. The van der Waals surface area contributed by atoms with Crippen LogP contribution in [0.15, 0.2) is 115 Å². The number of rotatable bonds is 5. The van der Waals surface area contributed by atoms with Gasteiger partial charge in [0.25, 0.3) is 0 Å². The molecule has 3 nitrogen and oxygen atoms in total. The fraction of sp³-hybridized carbons (Fsp3) is 0.0606. The Morgan fingerprint density at radius 3 is 2.32 bits per heavy atom. The average molecular weight is 487 g/mol. The van der Waals surface area contributed by atoms with Gasteiger partial charge in [0.1, 0.15) is 17.3 Å². The summed E-state index contributed by atoms with van der Waals surface area (Å²) in [5.74, 6) is 0.969. The van der Waals surface area contributed by atoms with Crippen LogP contribution in [0.3, 0.4) is 0 Å². The molecule has 6 rings (SSSR count). The first-order valence-corrected chi connectivity index (χ1v) is 12.0. The summed E-state index contributed by atoms with van der Waals surface area (Å²) in [6.45, 7) is 0. The Bertz CT molecular complexity index is 1660. The lowest BCUT2D eigenvalue weighted by Crippen LogP contribution is -2.35. The highest BCUT2D eigenvalue weighted by molar-refractivity contribution is 6.11. The molecular weight excluding hydrogens is 463 g/mol. The Labute approximate surface area is 214 Å². The first-order valence-electron chi connectivity index (χ1n) is 12.0. The number of halogens is 1. The van der Waals surface area contributed by atoms with Crippen molar-refractivity contribution in [3.05, 3.63) is 149 Å². The van der Waals surface area contributed by atoms with E-state index in [0.29, 0.717) is 28.2 Å². The van der Waals surface area contributed by atoms with Crippen LogP contribution in [0.1, 0.15) is 32.6 Å². The minimum atomic E-state index is -1.15. The number of fused-ring (bicyclic) bond motifs is 3. The number of methoxy groups -OCH3 is 1. The molecule has 1 aliphatic rings. The van der Waals surface area contributed by atoms with E-state index in [0.717, 1.165) is 21.9 Å². The summed E-state index contributed by atoms with van der Waals surface area (Å²) in [5.41, 5.74) is 2.21. The van der Waals surface area contributed by atoms with E-state index in [-0.39, 0.29) is 11.6 Å². The van der Waals surface area contributed by atoms with Gasteiger partial charge in [0.05, 0.1) is 7.11 Å². The molecule has 5 aromatic carbocycles. The summed E-state index contributed by atoms with van der Waals surface area (Å²) >= 11 is 0. The van der Waals surface area contributed by atoms with Crippen LogP contribution < -0.4 is 9.47 Å². The summed E-state index contributed by atoms with van der Waals surface area (Å²) in [7, 11) is 1.61. The Hall–Kier alpha value is -4.70. The predicted octanol–water partition coefficient (Wildman–Crippen LogP) is 7.57. The van der Waals surface area contributed by atoms with Crippen LogP contribution in [0, 0.1) is 5.82 Å². The third kappa shape index (κ3) is 3.87. The molecule has 0 aliphatic carbocycles. The summed E-state index contributed by atoms with van der Waals surface area (Å²) in [6.07, 6.45) is 3.88. The van der Waals surface area contributed by atoms with Crippen molar-refractivity contribution in [3.63, 3.8) is 0 Å². The minimum Gasteiger partial charge on any atom is -0.497 e. The van der Waals surface area contributed by atoms with E-state index < -0.39 is 5.60 Å². The molecule has 0 aromatic heterocycles. The zero-order valence-electron chi connectivity index (χ0n) is 20.1. The maximum atomic E-state index is 15.2.